The molecule has 0 radical (unpaired) electrons. The Morgan fingerprint density at radius 2 is 1.68 bits per heavy atom. The number of fused-ring (bicyclic) bond motifs is 1. The minimum atomic E-state index is -0.400. The lowest BCUT2D eigenvalue weighted by Crippen LogP contribution is -1.85. The Hall–Kier alpha value is -2.49. The normalized spacial score (nSPS) is 10.8. The summed E-state index contributed by atoms with van der Waals surface area (Å²) < 4.78 is 26.5. The van der Waals surface area contributed by atoms with Crippen LogP contribution in [0.25, 0.3) is 22.0 Å². The van der Waals surface area contributed by atoms with Crippen LogP contribution in [0.2, 0.25) is 0 Å². The highest BCUT2D eigenvalue weighted by Crippen LogP contribution is 2.29. The highest BCUT2D eigenvalue weighted by Gasteiger charge is 2.10. The average Bonchev–Trinajstić information content (AvgIpc) is 2.81. The zero-order valence-corrected chi connectivity index (χ0v) is 9.78. The summed E-state index contributed by atoms with van der Waals surface area (Å²) in [6, 6.07) is 10.1. The first-order chi connectivity index (χ1) is 9.17. The number of halogens is 2. The number of nitrogens with one attached hydrogen (secondary N) is 1. The molecule has 94 valence electrons. The van der Waals surface area contributed by atoms with E-state index in [1.165, 1.54) is 24.3 Å². The summed E-state index contributed by atoms with van der Waals surface area (Å²) in [5, 5.41) is 0.612. The Bertz CT molecular complexity index is 760. The molecular weight excluding hydrogens is 248 g/mol. The van der Waals surface area contributed by atoms with E-state index in [2.05, 4.69) is 4.98 Å². The van der Waals surface area contributed by atoms with Gasteiger partial charge in [-0.05, 0) is 35.9 Å². The molecule has 4 heteroatoms. The van der Waals surface area contributed by atoms with Gasteiger partial charge in [-0.2, -0.15) is 0 Å². The molecule has 0 saturated carbocycles. The third-order valence-corrected chi connectivity index (χ3v) is 3.00. The number of rotatable bonds is 2. The fourth-order valence-electron chi connectivity index (χ4n) is 2.15. The van der Waals surface area contributed by atoms with E-state index < -0.39 is 5.82 Å². The molecule has 2 nitrogen and oxygen atoms in total. The summed E-state index contributed by atoms with van der Waals surface area (Å²) >= 11 is 0. The van der Waals surface area contributed by atoms with Crippen LogP contribution in [0, 0.1) is 11.6 Å². The third-order valence-electron chi connectivity index (χ3n) is 3.00. The molecule has 0 saturated heterocycles. The van der Waals surface area contributed by atoms with Gasteiger partial charge in [0.15, 0.2) is 6.29 Å². The molecule has 1 heterocycles. The van der Waals surface area contributed by atoms with Crippen LogP contribution >= 0.6 is 0 Å². The number of aromatic amines is 1. The second-order valence-corrected chi connectivity index (χ2v) is 4.27. The minimum absolute atomic E-state index is 0.350. The van der Waals surface area contributed by atoms with Gasteiger partial charge in [0.25, 0.3) is 0 Å². The first-order valence-electron chi connectivity index (χ1n) is 5.71. The van der Waals surface area contributed by atoms with Crippen molar-refractivity contribution in [3.05, 3.63) is 59.8 Å². The summed E-state index contributed by atoms with van der Waals surface area (Å²) in [4.78, 5) is 13.7. The predicted octanol–water partition coefficient (Wildman–Crippen LogP) is 3.93. The van der Waals surface area contributed by atoms with Gasteiger partial charge in [0.2, 0.25) is 0 Å². The van der Waals surface area contributed by atoms with E-state index in [9.17, 15) is 13.6 Å². The van der Waals surface area contributed by atoms with Crippen molar-refractivity contribution in [1.29, 1.82) is 0 Å². The Labute approximate surface area is 107 Å². The number of hydrogen-bond donors (Lipinski definition) is 1. The second-order valence-electron chi connectivity index (χ2n) is 4.27. The summed E-state index contributed by atoms with van der Waals surface area (Å²) in [7, 11) is 0. The van der Waals surface area contributed by atoms with E-state index in [0.717, 1.165) is 0 Å². The van der Waals surface area contributed by atoms with Crippen LogP contribution in [0.15, 0.2) is 42.5 Å². The molecule has 1 N–H and O–H groups in total. The predicted molar refractivity (Wildman–Crippen MR) is 69.0 cm³/mol. The number of carbonyl (C=O) groups is 1. The van der Waals surface area contributed by atoms with Gasteiger partial charge in [-0.25, -0.2) is 8.78 Å². The van der Waals surface area contributed by atoms with E-state index >= 15 is 0 Å². The topological polar surface area (TPSA) is 32.9 Å². The molecule has 0 bridgehead atoms. The Morgan fingerprint density at radius 1 is 0.947 bits per heavy atom. The summed E-state index contributed by atoms with van der Waals surface area (Å²) in [5.74, 6) is -0.750. The summed E-state index contributed by atoms with van der Waals surface area (Å²) in [5.41, 5.74) is 2.33. The van der Waals surface area contributed by atoms with Gasteiger partial charge >= 0.3 is 0 Å². The zero-order chi connectivity index (χ0) is 13.4. The van der Waals surface area contributed by atoms with Gasteiger partial charge < -0.3 is 4.98 Å². The molecule has 19 heavy (non-hydrogen) atoms. The number of aldehydes is 1. The number of aromatic nitrogens is 1. The second kappa shape index (κ2) is 4.31. The van der Waals surface area contributed by atoms with Crippen molar-refractivity contribution in [1.82, 2.24) is 4.98 Å². The van der Waals surface area contributed by atoms with Gasteiger partial charge in [-0.3, -0.25) is 4.79 Å². The maximum absolute atomic E-state index is 13.6. The standard InChI is InChI=1S/C15H9F2NO/c16-11-3-1-9(2-4-11)14-7-12(17)5-10-6-13(8-19)18-15(10)14/h1-8,18H. The SMILES string of the molecule is O=Cc1cc2cc(F)cc(-c3ccc(F)cc3)c2[nH]1. The Balaban J connectivity index is 2.29. The number of H-pyrrole nitrogens is 1. The van der Waals surface area contributed by atoms with Crippen molar-refractivity contribution in [2.45, 2.75) is 0 Å². The van der Waals surface area contributed by atoms with Crippen molar-refractivity contribution in [3.8, 4) is 11.1 Å². The minimum Gasteiger partial charge on any atom is -0.352 e. The van der Waals surface area contributed by atoms with Crippen molar-refractivity contribution in [3.63, 3.8) is 0 Å². The fourth-order valence-corrected chi connectivity index (χ4v) is 2.15. The van der Waals surface area contributed by atoms with Crippen LogP contribution in [-0.2, 0) is 0 Å². The molecule has 0 aliphatic carbocycles. The maximum Gasteiger partial charge on any atom is 0.166 e. The van der Waals surface area contributed by atoms with E-state index in [4.69, 9.17) is 0 Å². The van der Waals surface area contributed by atoms with Crippen LogP contribution < -0.4 is 0 Å². The molecule has 0 aliphatic rings. The molecule has 3 rings (SSSR count). The smallest absolute Gasteiger partial charge is 0.166 e. The van der Waals surface area contributed by atoms with Crippen LogP contribution in [0.5, 0.6) is 0 Å². The number of hydrogen-bond acceptors (Lipinski definition) is 1. The molecule has 0 atom stereocenters. The fraction of sp³-hybridized carbons (Fsp3) is 0. The van der Waals surface area contributed by atoms with E-state index in [1.807, 2.05) is 0 Å². The van der Waals surface area contributed by atoms with Crippen LogP contribution in [0.3, 0.4) is 0 Å². The van der Waals surface area contributed by atoms with Crippen molar-refractivity contribution < 1.29 is 13.6 Å². The van der Waals surface area contributed by atoms with Gasteiger partial charge in [0.1, 0.15) is 11.6 Å². The van der Waals surface area contributed by atoms with E-state index in [0.29, 0.717) is 34.0 Å². The van der Waals surface area contributed by atoms with Crippen molar-refractivity contribution in [2.24, 2.45) is 0 Å². The lowest BCUT2D eigenvalue weighted by Gasteiger charge is -2.04. The molecule has 3 aromatic rings. The molecule has 0 amide bonds. The Kier molecular flexibility index (Phi) is 2.63. The van der Waals surface area contributed by atoms with Gasteiger partial charge in [-0.1, -0.05) is 12.1 Å². The first-order valence-corrected chi connectivity index (χ1v) is 5.71. The van der Waals surface area contributed by atoms with Gasteiger partial charge in [-0.15, -0.1) is 0 Å². The molecule has 0 spiro atoms. The molecule has 0 aliphatic heterocycles. The van der Waals surface area contributed by atoms with Crippen molar-refractivity contribution in [2.75, 3.05) is 0 Å². The highest BCUT2D eigenvalue weighted by molar-refractivity contribution is 5.97. The maximum atomic E-state index is 13.6. The third kappa shape index (κ3) is 2.01. The number of carbonyl (C=O) groups excluding carboxylic acids is 1. The molecule has 0 fully saturated rings. The largest absolute Gasteiger partial charge is 0.352 e. The Morgan fingerprint density at radius 3 is 2.37 bits per heavy atom. The average molecular weight is 257 g/mol. The molecular formula is C15H9F2NO. The van der Waals surface area contributed by atoms with Crippen LogP contribution in [0.4, 0.5) is 8.78 Å². The van der Waals surface area contributed by atoms with Crippen LogP contribution in [-0.4, -0.2) is 11.3 Å². The zero-order valence-electron chi connectivity index (χ0n) is 9.78. The monoisotopic (exact) mass is 257 g/mol. The first kappa shape index (κ1) is 11.6. The lowest BCUT2D eigenvalue weighted by molar-refractivity contribution is 0.112. The van der Waals surface area contributed by atoms with Gasteiger partial charge in [0.05, 0.1) is 11.2 Å². The van der Waals surface area contributed by atoms with E-state index in [-0.39, 0.29) is 5.82 Å². The van der Waals surface area contributed by atoms with Gasteiger partial charge in [0, 0.05) is 10.9 Å². The molecule has 2 aromatic carbocycles. The summed E-state index contributed by atoms with van der Waals surface area (Å²) in [6.07, 6.45) is 0.673. The van der Waals surface area contributed by atoms with Crippen LogP contribution in [0.1, 0.15) is 10.5 Å². The lowest BCUT2D eigenvalue weighted by atomic mass is 10.0. The van der Waals surface area contributed by atoms with E-state index in [1.54, 1.807) is 18.2 Å². The highest BCUT2D eigenvalue weighted by atomic mass is 19.1. The van der Waals surface area contributed by atoms with Crippen molar-refractivity contribution >= 4 is 17.2 Å². The number of benzene rings is 2. The molecule has 1 aromatic heterocycles. The quantitative estimate of drug-likeness (QED) is 0.693. The summed E-state index contributed by atoms with van der Waals surface area (Å²) in [6.45, 7) is 0. The molecule has 0 unspecified atom stereocenters.